The topological polar surface area (TPSA) is 32.8 Å². The van der Waals surface area contributed by atoms with E-state index in [4.69, 9.17) is 4.74 Å². The molecule has 0 aliphatic carbocycles. The quantitative estimate of drug-likeness (QED) is 0.460. The van der Waals surface area contributed by atoms with Gasteiger partial charge in [-0.3, -0.25) is 9.80 Å². The predicted octanol–water partition coefficient (Wildman–Crippen LogP) is 6.15. The molecule has 0 saturated carbocycles. The lowest BCUT2D eigenvalue weighted by atomic mass is 9.90. The maximum Gasteiger partial charge on any atom is 0.416 e. The number of fused-ring (bicyclic) bond motifs is 1. The van der Waals surface area contributed by atoms with Crippen LogP contribution in [0.1, 0.15) is 35.1 Å². The molecule has 0 radical (unpaired) electrons. The maximum atomic E-state index is 13.4. The Balaban J connectivity index is 1.26. The molecule has 178 valence electrons. The van der Waals surface area contributed by atoms with Crippen LogP contribution in [0.3, 0.4) is 0 Å². The highest BCUT2D eigenvalue weighted by Gasteiger charge is 2.47. The van der Waals surface area contributed by atoms with Gasteiger partial charge in [0.05, 0.1) is 12.1 Å². The van der Waals surface area contributed by atoms with Crippen molar-refractivity contribution in [3.8, 4) is 0 Å². The van der Waals surface area contributed by atoms with E-state index in [1.54, 1.807) is 6.07 Å². The van der Waals surface area contributed by atoms with Gasteiger partial charge in [-0.2, -0.15) is 13.2 Å². The lowest BCUT2D eigenvalue weighted by Gasteiger charge is -2.37. The summed E-state index contributed by atoms with van der Waals surface area (Å²) in [5.74, 6) is 0. The van der Waals surface area contributed by atoms with E-state index in [9.17, 15) is 18.0 Å². The van der Waals surface area contributed by atoms with Gasteiger partial charge in [0.15, 0.2) is 0 Å². The van der Waals surface area contributed by atoms with Gasteiger partial charge in [0.2, 0.25) is 0 Å². The lowest BCUT2D eigenvalue weighted by Crippen LogP contribution is -2.46. The zero-order valence-corrected chi connectivity index (χ0v) is 19.1. The van der Waals surface area contributed by atoms with Crippen molar-refractivity contribution >= 4 is 16.9 Å². The van der Waals surface area contributed by atoms with Gasteiger partial charge in [-0.15, -0.1) is 0 Å². The lowest BCUT2D eigenvalue weighted by molar-refractivity contribution is -0.138. The van der Waals surface area contributed by atoms with Gasteiger partial charge in [-0.1, -0.05) is 54.6 Å². The van der Waals surface area contributed by atoms with Crippen molar-refractivity contribution in [1.82, 2.24) is 9.80 Å². The molecule has 0 aromatic heterocycles. The second-order valence-corrected chi connectivity index (χ2v) is 9.42. The number of alkyl halides is 3. The Morgan fingerprint density at radius 2 is 1.65 bits per heavy atom. The Labute approximate surface area is 196 Å². The molecule has 4 nitrogen and oxygen atoms in total. The van der Waals surface area contributed by atoms with Crippen LogP contribution in [-0.2, 0) is 24.0 Å². The fourth-order valence-corrected chi connectivity index (χ4v) is 5.21. The van der Waals surface area contributed by atoms with Crippen LogP contribution in [0.15, 0.2) is 60.7 Å². The minimum Gasteiger partial charge on any atom is -0.441 e. The highest BCUT2D eigenvalue weighted by molar-refractivity contribution is 5.86. The number of hydrogen-bond acceptors (Lipinski definition) is 3. The molecule has 7 heteroatoms. The first-order valence-corrected chi connectivity index (χ1v) is 11.6. The molecule has 0 atom stereocenters. The summed E-state index contributed by atoms with van der Waals surface area (Å²) in [6, 6.07) is 18.1. The van der Waals surface area contributed by atoms with Gasteiger partial charge >= 0.3 is 12.3 Å². The van der Waals surface area contributed by atoms with Gasteiger partial charge in [0.25, 0.3) is 0 Å². The highest BCUT2D eigenvalue weighted by Crippen LogP contribution is 2.37. The molecular formula is C27H27F3N2O2. The molecular weight excluding hydrogens is 441 g/mol. The first kappa shape index (κ1) is 22.7. The average molecular weight is 469 g/mol. The first-order valence-electron chi connectivity index (χ1n) is 11.6. The van der Waals surface area contributed by atoms with Crippen LogP contribution in [0, 0.1) is 6.92 Å². The Hall–Kier alpha value is -3.06. The van der Waals surface area contributed by atoms with E-state index in [-0.39, 0.29) is 12.1 Å². The van der Waals surface area contributed by atoms with Crippen LogP contribution in [-0.4, -0.2) is 41.1 Å². The van der Waals surface area contributed by atoms with Crippen molar-refractivity contribution in [3.63, 3.8) is 0 Å². The number of halogens is 3. The number of carbonyl (C=O) groups is 1. The highest BCUT2D eigenvalue weighted by atomic mass is 19.4. The molecule has 3 aromatic rings. The van der Waals surface area contributed by atoms with E-state index in [0.717, 1.165) is 25.7 Å². The van der Waals surface area contributed by atoms with E-state index in [2.05, 4.69) is 42.2 Å². The molecule has 0 N–H and O–H groups in total. The third kappa shape index (κ3) is 4.37. The van der Waals surface area contributed by atoms with E-state index < -0.39 is 23.4 Å². The van der Waals surface area contributed by atoms with Gasteiger partial charge < -0.3 is 4.74 Å². The minimum atomic E-state index is -4.46. The molecule has 1 spiro atoms. The van der Waals surface area contributed by atoms with E-state index in [1.165, 1.54) is 38.9 Å². The second-order valence-electron chi connectivity index (χ2n) is 9.42. The van der Waals surface area contributed by atoms with Crippen LogP contribution in [0.2, 0.25) is 0 Å². The van der Waals surface area contributed by atoms with Crippen molar-refractivity contribution in [2.75, 3.05) is 19.6 Å². The maximum absolute atomic E-state index is 13.4. The number of aryl methyl sites for hydroxylation is 1. The fourth-order valence-electron chi connectivity index (χ4n) is 5.21. The molecule has 2 saturated heterocycles. The Kier molecular flexibility index (Phi) is 5.76. The third-order valence-electron chi connectivity index (χ3n) is 7.15. The summed E-state index contributed by atoms with van der Waals surface area (Å²) in [6.45, 7) is 4.70. The summed E-state index contributed by atoms with van der Waals surface area (Å²) < 4.78 is 45.9. The minimum absolute atomic E-state index is 0.0906. The summed E-state index contributed by atoms with van der Waals surface area (Å²) in [5, 5.41) is 2.47. The van der Waals surface area contributed by atoms with E-state index >= 15 is 0 Å². The number of rotatable bonds is 4. The average Bonchev–Trinajstić information content (AvgIpc) is 3.11. The molecule has 2 aliphatic heterocycles. The first-order chi connectivity index (χ1) is 16.2. The van der Waals surface area contributed by atoms with Crippen LogP contribution < -0.4 is 0 Å². The summed E-state index contributed by atoms with van der Waals surface area (Å²) in [7, 11) is 0. The van der Waals surface area contributed by atoms with Gasteiger partial charge in [0, 0.05) is 39.0 Å². The fraction of sp³-hybridized carbons (Fsp3) is 0.370. The third-order valence-corrected chi connectivity index (χ3v) is 7.15. The summed E-state index contributed by atoms with van der Waals surface area (Å²) in [4.78, 5) is 16.4. The van der Waals surface area contributed by atoms with Crippen LogP contribution in [0.4, 0.5) is 18.0 Å². The van der Waals surface area contributed by atoms with Crippen LogP contribution in [0.25, 0.3) is 10.8 Å². The van der Waals surface area contributed by atoms with Gasteiger partial charge in [-0.25, -0.2) is 4.79 Å². The SMILES string of the molecule is Cc1ccc2ccccc2c1CN1CCC2(CC1)CN(Cc1ccccc1C(F)(F)F)C(=O)O2. The second kappa shape index (κ2) is 8.62. The molecule has 34 heavy (non-hydrogen) atoms. The van der Waals surface area contributed by atoms with Crippen LogP contribution >= 0.6 is 0 Å². The number of carbonyl (C=O) groups excluding carboxylic acids is 1. The number of ether oxygens (including phenoxy) is 1. The molecule has 2 fully saturated rings. The molecule has 3 aromatic carbocycles. The largest absolute Gasteiger partial charge is 0.441 e. The van der Waals surface area contributed by atoms with Gasteiger partial charge in [-0.05, 0) is 40.5 Å². The molecule has 0 unspecified atom stereocenters. The van der Waals surface area contributed by atoms with Crippen LogP contribution in [0.5, 0.6) is 0 Å². The van der Waals surface area contributed by atoms with Crippen molar-refractivity contribution in [2.45, 2.75) is 44.6 Å². The Morgan fingerprint density at radius 3 is 2.41 bits per heavy atom. The number of benzene rings is 3. The summed E-state index contributed by atoms with van der Waals surface area (Å²) >= 11 is 0. The molecule has 1 amide bonds. The van der Waals surface area contributed by atoms with Gasteiger partial charge in [0.1, 0.15) is 5.60 Å². The molecule has 0 bridgehead atoms. The number of amides is 1. The van der Waals surface area contributed by atoms with E-state index in [0.29, 0.717) is 19.4 Å². The van der Waals surface area contributed by atoms with Crippen molar-refractivity contribution in [1.29, 1.82) is 0 Å². The summed E-state index contributed by atoms with van der Waals surface area (Å²) in [5.41, 5.74) is 1.31. The predicted molar refractivity (Wildman–Crippen MR) is 124 cm³/mol. The van der Waals surface area contributed by atoms with Crippen molar-refractivity contribution < 1.29 is 22.7 Å². The summed E-state index contributed by atoms with van der Waals surface area (Å²) in [6.07, 6.45) is -3.65. The Bertz CT molecular complexity index is 1220. The van der Waals surface area contributed by atoms with Crippen molar-refractivity contribution in [3.05, 3.63) is 82.9 Å². The van der Waals surface area contributed by atoms with E-state index in [1.807, 2.05) is 6.07 Å². The number of likely N-dealkylation sites (tertiary alicyclic amines) is 1. The molecule has 2 aliphatic rings. The molecule has 2 heterocycles. The monoisotopic (exact) mass is 468 g/mol. The normalized spacial score (nSPS) is 18.6. The number of nitrogens with zero attached hydrogens (tertiary/aromatic N) is 2. The number of hydrogen-bond donors (Lipinski definition) is 0. The zero-order valence-electron chi connectivity index (χ0n) is 19.1. The number of piperidine rings is 1. The standard InChI is InChI=1S/C27H27F3N2O2/c1-19-10-11-20-6-2-4-8-22(20)23(19)17-31-14-12-26(13-15-31)18-32(25(33)34-26)16-21-7-3-5-9-24(21)27(28,29)30/h2-11H,12-18H2,1H3. The van der Waals surface area contributed by atoms with Crippen molar-refractivity contribution in [2.24, 2.45) is 0 Å². The zero-order chi connectivity index (χ0) is 23.9. The molecule has 5 rings (SSSR count). The Morgan fingerprint density at radius 1 is 0.941 bits per heavy atom. The smallest absolute Gasteiger partial charge is 0.416 e.